The average Bonchev–Trinajstić information content (AvgIpc) is 2.65. The van der Waals surface area contributed by atoms with E-state index >= 15 is 0 Å². The smallest absolute Gasteiger partial charge is 0.309 e. The van der Waals surface area contributed by atoms with Crippen molar-refractivity contribution >= 4 is 23.5 Å². The minimum absolute atomic E-state index is 0.00327. The molecule has 1 atom stereocenters. The number of benzene rings is 1. The molecule has 0 bridgehead atoms. The van der Waals surface area contributed by atoms with Crippen LogP contribution in [0.5, 0.6) is 5.75 Å². The molecule has 0 radical (unpaired) electrons. The van der Waals surface area contributed by atoms with Crippen LogP contribution in [0.1, 0.15) is 26.7 Å². The maximum absolute atomic E-state index is 11.8. The Balaban J connectivity index is 1.77. The third-order valence-corrected chi connectivity index (χ3v) is 4.58. The summed E-state index contributed by atoms with van der Waals surface area (Å²) in [6, 6.07) is 7.33. The number of hydrogen-bond acceptors (Lipinski definition) is 4. The molecule has 6 nitrogen and oxygen atoms in total. The Kier molecular flexibility index (Phi) is 8.04. The van der Waals surface area contributed by atoms with Crippen LogP contribution >= 0.6 is 11.6 Å². The molecule has 1 N–H and O–H groups in total. The van der Waals surface area contributed by atoms with E-state index in [1.165, 1.54) is 0 Å². The number of halogens is 1. The summed E-state index contributed by atoms with van der Waals surface area (Å²) in [5.74, 6) is 1.53. The Bertz CT molecular complexity index is 599. The van der Waals surface area contributed by atoms with E-state index in [-0.39, 0.29) is 18.0 Å². The van der Waals surface area contributed by atoms with Gasteiger partial charge in [-0.2, -0.15) is 0 Å². The SMILES string of the molecule is CCOC(=O)C1CCN(C(=NC)NCC(C)Oc2ccc(Cl)cc2)CC1. The predicted molar refractivity (Wildman–Crippen MR) is 104 cm³/mol. The molecule has 144 valence electrons. The van der Waals surface area contributed by atoms with Gasteiger partial charge in [-0.15, -0.1) is 0 Å². The van der Waals surface area contributed by atoms with Crippen LogP contribution < -0.4 is 10.1 Å². The van der Waals surface area contributed by atoms with Gasteiger partial charge in [-0.25, -0.2) is 0 Å². The van der Waals surface area contributed by atoms with Crippen molar-refractivity contribution in [2.24, 2.45) is 10.9 Å². The number of nitrogens with zero attached hydrogens (tertiary/aromatic N) is 2. The van der Waals surface area contributed by atoms with Crippen molar-refractivity contribution in [2.45, 2.75) is 32.8 Å². The molecular formula is C19H28ClN3O3. The van der Waals surface area contributed by atoms with E-state index < -0.39 is 0 Å². The molecule has 0 saturated carbocycles. The second-order valence-electron chi connectivity index (χ2n) is 6.32. The molecule has 1 saturated heterocycles. The molecule has 0 spiro atoms. The van der Waals surface area contributed by atoms with Gasteiger partial charge in [-0.3, -0.25) is 9.79 Å². The second kappa shape index (κ2) is 10.3. The maximum Gasteiger partial charge on any atom is 0.309 e. The van der Waals surface area contributed by atoms with Crippen LogP contribution in [0.3, 0.4) is 0 Å². The summed E-state index contributed by atoms with van der Waals surface area (Å²) in [4.78, 5) is 18.4. The van der Waals surface area contributed by atoms with Crippen molar-refractivity contribution in [2.75, 3.05) is 33.3 Å². The van der Waals surface area contributed by atoms with Gasteiger partial charge in [0.1, 0.15) is 11.9 Å². The van der Waals surface area contributed by atoms with Gasteiger partial charge in [0, 0.05) is 25.2 Å². The minimum atomic E-state index is -0.0833. The Hall–Kier alpha value is -1.95. The first-order chi connectivity index (χ1) is 12.5. The Morgan fingerprint density at radius 2 is 2.00 bits per heavy atom. The molecule has 1 fully saturated rings. The molecule has 0 aromatic heterocycles. The molecule has 7 heteroatoms. The van der Waals surface area contributed by atoms with E-state index in [0.29, 0.717) is 18.2 Å². The highest BCUT2D eigenvalue weighted by molar-refractivity contribution is 6.30. The Morgan fingerprint density at radius 3 is 2.58 bits per heavy atom. The van der Waals surface area contributed by atoms with Gasteiger partial charge in [-0.05, 0) is 51.0 Å². The van der Waals surface area contributed by atoms with Gasteiger partial charge < -0.3 is 19.7 Å². The topological polar surface area (TPSA) is 63.2 Å². The van der Waals surface area contributed by atoms with Crippen molar-refractivity contribution in [1.29, 1.82) is 0 Å². The molecule has 1 aromatic carbocycles. The standard InChI is InChI=1S/C19H28ClN3O3/c1-4-25-18(24)15-9-11-23(12-10-15)19(21-3)22-13-14(2)26-17-7-5-16(20)6-8-17/h5-8,14-15H,4,9-13H2,1-3H3,(H,21,22). The number of carbonyl (C=O) groups excluding carboxylic acids is 1. The van der Waals surface area contributed by atoms with Gasteiger partial charge in [-0.1, -0.05) is 11.6 Å². The summed E-state index contributed by atoms with van der Waals surface area (Å²) in [5.41, 5.74) is 0. The van der Waals surface area contributed by atoms with Gasteiger partial charge in [0.05, 0.1) is 19.1 Å². The predicted octanol–water partition coefficient (Wildman–Crippen LogP) is 2.96. The molecule has 1 aliphatic rings. The molecule has 1 unspecified atom stereocenters. The van der Waals surface area contributed by atoms with Crippen molar-refractivity contribution in [3.8, 4) is 5.75 Å². The lowest BCUT2D eigenvalue weighted by Gasteiger charge is -2.33. The maximum atomic E-state index is 11.8. The molecule has 1 aliphatic heterocycles. The monoisotopic (exact) mass is 381 g/mol. The fourth-order valence-electron chi connectivity index (χ4n) is 2.94. The first-order valence-electron chi connectivity index (χ1n) is 9.08. The lowest BCUT2D eigenvalue weighted by atomic mass is 9.97. The van der Waals surface area contributed by atoms with E-state index in [0.717, 1.165) is 37.6 Å². The molecule has 2 rings (SSSR count). The normalized spacial score (nSPS) is 16.9. The van der Waals surface area contributed by atoms with Crippen LogP contribution in [0.15, 0.2) is 29.3 Å². The van der Waals surface area contributed by atoms with Crippen LogP contribution in [0.2, 0.25) is 5.02 Å². The lowest BCUT2D eigenvalue weighted by molar-refractivity contribution is -0.149. The van der Waals surface area contributed by atoms with Crippen LogP contribution in [0.25, 0.3) is 0 Å². The quantitative estimate of drug-likeness (QED) is 0.466. The number of nitrogens with one attached hydrogen (secondary N) is 1. The minimum Gasteiger partial charge on any atom is -0.489 e. The number of ether oxygens (including phenoxy) is 2. The Morgan fingerprint density at radius 1 is 1.35 bits per heavy atom. The molecular weight excluding hydrogens is 354 g/mol. The third-order valence-electron chi connectivity index (χ3n) is 4.32. The molecule has 1 heterocycles. The number of piperidine rings is 1. The zero-order valence-corrected chi connectivity index (χ0v) is 16.5. The van der Waals surface area contributed by atoms with Gasteiger partial charge in [0.25, 0.3) is 0 Å². The summed E-state index contributed by atoms with van der Waals surface area (Å²) in [6.45, 7) is 6.49. The van der Waals surface area contributed by atoms with Crippen LogP contribution in [0, 0.1) is 5.92 Å². The van der Waals surface area contributed by atoms with E-state index in [1.807, 2.05) is 38.1 Å². The molecule has 1 aromatic rings. The number of carbonyl (C=O) groups is 1. The highest BCUT2D eigenvalue weighted by Gasteiger charge is 2.27. The van der Waals surface area contributed by atoms with Crippen LogP contribution in [-0.2, 0) is 9.53 Å². The largest absolute Gasteiger partial charge is 0.489 e. The molecule has 0 aliphatic carbocycles. The fourth-order valence-corrected chi connectivity index (χ4v) is 3.07. The number of rotatable bonds is 6. The van der Waals surface area contributed by atoms with Crippen molar-refractivity contribution < 1.29 is 14.3 Å². The van der Waals surface area contributed by atoms with Crippen molar-refractivity contribution in [1.82, 2.24) is 10.2 Å². The van der Waals surface area contributed by atoms with E-state index in [1.54, 1.807) is 7.05 Å². The summed E-state index contributed by atoms with van der Waals surface area (Å²) in [7, 11) is 1.77. The summed E-state index contributed by atoms with van der Waals surface area (Å²) in [5, 5.41) is 4.04. The average molecular weight is 382 g/mol. The summed E-state index contributed by atoms with van der Waals surface area (Å²) in [6.07, 6.45) is 1.55. The van der Waals surface area contributed by atoms with Crippen LogP contribution in [0.4, 0.5) is 0 Å². The highest BCUT2D eigenvalue weighted by atomic mass is 35.5. The van der Waals surface area contributed by atoms with Crippen molar-refractivity contribution in [3.63, 3.8) is 0 Å². The fraction of sp³-hybridized carbons (Fsp3) is 0.579. The van der Waals surface area contributed by atoms with Crippen LogP contribution in [-0.4, -0.2) is 56.2 Å². The third kappa shape index (κ3) is 6.09. The number of hydrogen-bond donors (Lipinski definition) is 1. The number of guanidine groups is 1. The number of likely N-dealkylation sites (tertiary alicyclic amines) is 1. The Labute approximate surface area is 160 Å². The van der Waals surface area contributed by atoms with E-state index in [2.05, 4.69) is 15.2 Å². The van der Waals surface area contributed by atoms with Crippen molar-refractivity contribution in [3.05, 3.63) is 29.3 Å². The first kappa shape index (κ1) is 20.4. The number of aliphatic imine (C=N–C) groups is 1. The second-order valence-corrected chi connectivity index (χ2v) is 6.76. The molecule has 26 heavy (non-hydrogen) atoms. The molecule has 0 amide bonds. The van der Waals surface area contributed by atoms with E-state index in [4.69, 9.17) is 21.1 Å². The highest BCUT2D eigenvalue weighted by Crippen LogP contribution is 2.19. The lowest BCUT2D eigenvalue weighted by Crippen LogP contribution is -2.48. The van der Waals surface area contributed by atoms with Gasteiger partial charge in [0.15, 0.2) is 5.96 Å². The summed E-state index contributed by atoms with van der Waals surface area (Å²) < 4.78 is 11.0. The van der Waals surface area contributed by atoms with Gasteiger partial charge >= 0.3 is 5.97 Å². The zero-order chi connectivity index (χ0) is 18.9. The van der Waals surface area contributed by atoms with E-state index in [9.17, 15) is 4.79 Å². The first-order valence-corrected chi connectivity index (χ1v) is 9.45. The zero-order valence-electron chi connectivity index (χ0n) is 15.7. The van der Waals surface area contributed by atoms with Gasteiger partial charge in [0.2, 0.25) is 0 Å². The number of esters is 1. The summed E-state index contributed by atoms with van der Waals surface area (Å²) >= 11 is 5.88.